The zero-order chi connectivity index (χ0) is 21.4. The van der Waals surface area contributed by atoms with Crippen LogP contribution in [0.3, 0.4) is 0 Å². The first-order chi connectivity index (χ1) is 14.3. The summed E-state index contributed by atoms with van der Waals surface area (Å²) in [6.07, 6.45) is 0. The molecule has 5 heteroatoms. The van der Waals surface area contributed by atoms with E-state index in [9.17, 15) is 4.79 Å². The van der Waals surface area contributed by atoms with Gasteiger partial charge in [0.15, 0.2) is 0 Å². The Morgan fingerprint density at radius 3 is 2.20 bits per heavy atom. The number of aromatic nitrogens is 1. The Bertz CT molecular complexity index is 1260. The first-order valence-corrected chi connectivity index (χ1v) is 11.2. The molecule has 0 bridgehead atoms. The van der Waals surface area contributed by atoms with Gasteiger partial charge in [-0.1, -0.05) is 62.2 Å². The van der Waals surface area contributed by atoms with Gasteiger partial charge in [0.25, 0.3) is 5.91 Å². The van der Waals surface area contributed by atoms with Gasteiger partial charge in [-0.25, -0.2) is 4.98 Å². The number of benzene rings is 3. The maximum absolute atomic E-state index is 13.4. The SMILES string of the molecule is Cc1cc(NC(=O)c2cc(-c3ccccc3)nc3c(C)cc(Br)cc23)cc(C)c1Br. The number of carbonyl (C=O) groups is 1. The van der Waals surface area contributed by atoms with Gasteiger partial charge in [-0.2, -0.15) is 0 Å². The summed E-state index contributed by atoms with van der Waals surface area (Å²) in [6.45, 7) is 6.04. The summed E-state index contributed by atoms with van der Waals surface area (Å²) in [5.74, 6) is -0.154. The van der Waals surface area contributed by atoms with Crippen molar-refractivity contribution in [2.24, 2.45) is 0 Å². The molecule has 0 aliphatic carbocycles. The van der Waals surface area contributed by atoms with Crippen LogP contribution in [0.4, 0.5) is 5.69 Å². The maximum Gasteiger partial charge on any atom is 0.256 e. The van der Waals surface area contributed by atoms with Crippen LogP contribution < -0.4 is 5.32 Å². The second-order valence-corrected chi connectivity index (χ2v) is 9.13. The normalized spacial score (nSPS) is 11.0. The van der Waals surface area contributed by atoms with Crippen molar-refractivity contribution in [2.45, 2.75) is 20.8 Å². The summed E-state index contributed by atoms with van der Waals surface area (Å²) in [7, 11) is 0. The minimum Gasteiger partial charge on any atom is -0.322 e. The van der Waals surface area contributed by atoms with Crippen molar-refractivity contribution in [3.63, 3.8) is 0 Å². The summed E-state index contributed by atoms with van der Waals surface area (Å²) in [5.41, 5.74) is 7.13. The number of hydrogen-bond donors (Lipinski definition) is 1. The summed E-state index contributed by atoms with van der Waals surface area (Å²) >= 11 is 7.14. The van der Waals surface area contributed by atoms with Crippen LogP contribution in [0, 0.1) is 20.8 Å². The standard InChI is InChI=1S/C25H20Br2N2O/c1-14-10-19(11-15(2)23(14)27)28-25(30)21-13-22(17-7-5-4-6-8-17)29-24-16(3)9-18(26)12-20(21)24/h4-13H,1-3H3,(H,28,30). The van der Waals surface area contributed by atoms with Crippen LogP contribution in [0.2, 0.25) is 0 Å². The number of hydrogen-bond acceptors (Lipinski definition) is 2. The predicted molar refractivity (Wildman–Crippen MR) is 131 cm³/mol. The Balaban J connectivity index is 1.87. The molecule has 0 aliphatic heterocycles. The average molecular weight is 524 g/mol. The number of nitrogens with one attached hydrogen (secondary N) is 1. The van der Waals surface area contributed by atoms with Crippen molar-refractivity contribution in [3.8, 4) is 11.3 Å². The summed E-state index contributed by atoms with van der Waals surface area (Å²) in [6, 6.07) is 19.7. The van der Waals surface area contributed by atoms with E-state index in [4.69, 9.17) is 4.98 Å². The first kappa shape index (κ1) is 20.8. The van der Waals surface area contributed by atoms with Gasteiger partial charge < -0.3 is 5.32 Å². The van der Waals surface area contributed by atoms with Crippen molar-refractivity contribution in [2.75, 3.05) is 5.32 Å². The molecule has 3 aromatic carbocycles. The topological polar surface area (TPSA) is 42.0 Å². The maximum atomic E-state index is 13.4. The molecule has 0 saturated heterocycles. The van der Waals surface area contributed by atoms with Crippen molar-refractivity contribution in [3.05, 3.63) is 91.9 Å². The summed E-state index contributed by atoms with van der Waals surface area (Å²) in [5, 5.41) is 3.90. The van der Waals surface area contributed by atoms with Gasteiger partial charge in [-0.15, -0.1) is 0 Å². The van der Waals surface area contributed by atoms with E-state index in [-0.39, 0.29) is 5.91 Å². The molecule has 3 nitrogen and oxygen atoms in total. The fourth-order valence-electron chi connectivity index (χ4n) is 3.62. The Labute approximate surface area is 192 Å². The molecule has 1 aromatic heterocycles. The lowest BCUT2D eigenvalue weighted by Crippen LogP contribution is -2.13. The summed E-state index contributed by atoms with van der Waals surface area (Å²) in [4.78, 5) is 18.2. The molecule has 30 heavy (non-hydrogen) atoms. The highest BCUT2D eigenvalue weighted by Crippen LogP contribution is 2.31. The molecule has 4 rings (SSSR count). The molecule has 1 N–H and O–H groups in total. The number of aryl methyl sites for hydroxylation is 3. The Hall–Kier alpha value is -2.50. The molecule has 0 unspecified atom stereocenters. The molecular formula is C25H20Br2N2O. The third kappa shape index (κ3) is 4.05. The lowest BCUT2D eigenvalue weighted by molar-refractivity contribution is 0.102. The van der Waals surface area contributed by atoms with Crippen molar-refractivity contribution >= 4 is 54.4 Å². The Morgan fingerprint density at radius 2 is 1.53 bits per heavy atom. The highest BCUT2D eigenvalue weighted by Gasteiger charge is 2.17. The molecule has 150 valence electrons. The lowest BCUT2D eigenvalue weighted by atomic mass is 10.0. The van der Waals surface area contributed by atoms with Gasteiger partial charge in [0.1, 0.15) is 0 Å². The number of rotatable bonds is 3. The highest BCUT2D eigenvalue weighted by atomic mass is 79.9. The molecule has 1 amide bonds. The molecule has 0 radical (unpaired) electrons. The van der Waals surface area contributed by atoms with Crippen LogP contribution in [0.5, 0.6) is 0 Å². The number of amides is 1. The van der Waals surface area contributed by atoms with E-state index in [0.29, 0.717) is 5.56 Å². The fourth-order valence-corrected chi connectivity index (χ4v) is 4.42. The molecule has 0 fully saturated rings. The lowest BCUT2D eigenvalue weighted by Gasteiger charge is -2.14. The van der Waals surface area contributed by atoms with Crippen LogP contribution >= 0.6 is 31.9 Å². The van der Waals surface area contributed by atoms with E-state index < -0.39 is 0 Å². The largest absolute Gasteiger partial charge is 0.322 e. The second kappa shape index (κ2) is 8.32. The van der Waals surface area contributed by atoms with Gasteiger partial charge in [0.05, 0.1) is 16.8 Å². The first-order valence-electron chi connectivity index (χ1n) is 9.58. The van der Waals surface area contributed by atoms with Crippen molar-refractivity contribution in [1.82, 2.24) is 4.98 Å². The highest BCUT2D eigenvalue weighted by molar-refractivity contribution is 9.10. The predicted octanol–water partition coefficient (Wildman–Crippen LogP) is 7.60. The van der Waals surface area contributed by atoms with E-state index in [2.05, 4.69) is 37.2 Å². The number of fused-ring (bicyclic) bond motifs is 1. The van der Waals surface area contributed by atoms with Crippen LogP contribution in [0.25, 0.3) is 22.2 Å². The molecular weight excluding hydrogens is 504 g/mol. The van der Waals surface area contributed by atoms with E-state index >= 15 is 0 Å². The van der Waals surface area contributed by atoms with Crippen LogP contribution in [0.1, 0.15) is 27.0 Å². The van der Waals surface area contributed by atoms with Gasteiger partial charge in [-0.05, 0) is 67.8 Å². The van der Waals surface area contributed by atoms with E-state index in [1.54, 1.807) is 0 Å². The minimum atomic E-state index is -0.154. The zero-order valence-electron chi connectivity index (χ0n) is 16.9. The van der Waals surface area contributed by atoms with Crippen LogP contribution in [-0.2, 0) is 0 Å². The van der Waals surface area contributed by atoms with Crippen molar-refractivity contribution in [1.29, 1.82) is 0 Å². The zero-order valence-corrected chi connectivity index (χ0v) is 20.1. The number of nitrogens with zero attached hydrogens (tertiary/aromatic N) is 1. The van der Waals surface area contributed by atoms with Gasteiger partial charge in [0, 0.05) is 25.6 Å². The Morgan fingerprint density at radius 1 is 0.867 bits per heavy atom. The number of pyridine rings is 1. The van der Waals surface area contributed by atoms with E-state index in [1.807, 2.05) is 81.4 Å². The van der Waals surface area contributed by atoms with Gasteiger partial charge in [0.2, 0.25) is 0 Å². The quantitative estimate of drug-likeness (QED) is 0.300. The molecule has 0 spiro atoms. The average Bonchev–Trinajstić information content (AvgIpc) is 2.72. The molecule has 0 atom stereocenters. The van der Waals surface area contributed by atoms with Gasteiger partial charge >= 0.3 is 0 Å². The monoisotopic (exact) mass is 522 g/mol. The van der Waals surface area contributed by atoms with E-state index in [0.717, 1.165) is 53.5 Å². The summed E-state index contributed by atoms with van der Waals surface area (Å²) < 4.78 is 1.98. The third-order valence-electron chi connectivity index (χ3n) is 5.08. The number of halogens is 2. The number of anilines is 1. The molecule has 1 heterocycles. The molecule has 0 aliphatic rings. The smallest absolute Gasteiger partial charge is 0.256 e. The van der Waals surface area contributed by atoms with Gasteiger partial charge in [-0.3, -0.25) is 4.79 Å². The van der Waals surface area contributed by atoms with Crippen molar-refractivity contribution < 1.29 is 4.79 Å². The second-order valence-electron chi connectivity index (χ2n) is 7.42. The Kier molecular flexibility index (Phi) is 5.76. The number of carbonyl (C=O) groups excluding carboxylic acids is 1. The van der Waals surface area contributed by atoms with Crippen LogP contribution in [-0.4, -0.2) is 10.9 Å². The van der Waals surface area contributed by atoms with E-state index in [1.165, 1.54) is 0 Å². The minimum absolute atomic E-state index is 0.154. The fraction of sp³-hybridized carbons (Fsp3) is 0.120. The van der Waals surface area contributed by atoms with Crippen LogP contribution in [0.15, 0.2) is 69.6 Å². The molecule has 0 saturated carbocycles. The third-order valence-corrected chi connectivity index (χ3v) is 6.79. The molecule has 4 aromatic rings.